The van der Waals surface area contributed by atoms with Gasteiger partial charge in [0.15, 0.2) is 6.10 Å². The smallest absolute Gasteiger partial charge is 0.365 e. The molecule has 0 spiro atoms. The highest BCUT2D eigenvalue weighted by Gasteiger charge is 2.25. The van der Waals surface area contributed by atoms with Gasteiger partial charge in [-0.1, -0.05) is 18.2 Å². The molecular formula is C12H13N5O3. The number of carbonyl (C=O) groups excluding carboxylic acids is 1. The van der Waals surface area contributed by atoms with Crippen LogP contribution in [0.15, 0.2) is 35.1 Å². The van der Waals surface area contributed by atoms with E-state index in [1.54, 1.807) is 24.3 Å². The first-order valence-electron chi connectivity index (χ1n) is 6.23. The van der Waals surface area contributed by atoms with Gasteiger partial charge in [0.25, 0.3) is 5.91 Å². The molecule has 1 fully saturated rings. The summed E-state index contributed by atoms with van der Waals surface area (Å²) in [4.78, 5) is 23.7. The summed E-state index contributed by atoms with van der Waals surface area (Å²) < 4.78 is 7.62. The molecule has 104 valence electrons. The van der Waals surface area contributed by atoms with Gasteiger partial charge in [0.2, 0.25) is 0 Å². The van der Waals surface area contributed by atoms with Crippen LogP contribution in [0, 0.1) is 0 Å². The van der Waals surface area contributed by atoms with E-state index in [4.69, 9.17) is 4.74 Å². The Hall–Kier alpha value is -2.48. The second-order valence-electron chi connectivity index (χ2n) is 4.34. The van der Waals surface area contributed by atoms with Crippen LogP contribution in [0.2, 0.25) is 0 Å². The molecule has 0 aliphatic carbocycles. The molecule has 0 radical (unpaired) electrons. The van der Waals surface area contributed by atoms with Crippen molar-refractivity contribution in [3.63, 3.8) is 0 Å². The molecule has 0 saturated carbocycles. The molecule has 8 nitrogen and oxygen atoms in total. The zero-order valence-electron chi connectivity index (χ0n) is 10.6. The van der Waals surface area contributed by atoms with Crippen molar-refractivity contribution in [2.24, 2.45) is 0 Å². The molecule has 2 aromatic rings. The predicted octanol–water partition coefficient (Wildman–Crippen LogP) is -1.06. The predicted molar refractivity (Wildman–Crippen MR) is 68.4 cm³/mol. The van der Waals surface area contributed by atoms with Crippen molar-refractivity contribution in [1.82, 2.24) is 25.1 Å². The molecule has 1 aromatic heterocycles. The lowest BCUT2D eigenvalue weighted by molar-refractivity contribution is -0.138. The van der Waals surface area contributed by atoms with Gasteiger partial charge >= 0.3 is 5.69 Å². The summed E-state index contributed by atoms with van der Waals surface area (Å²) in [5.41, 5.74) is 0.218. The van der Waals surface area contributed by atoms with Gasteiger partial charge in [-0.25, -0.2) is 4.79 Å². The highest BCUT2D eigenvalue weighted by Crippen LogP contribution is 2.02. The topological polar surface area (TPSA) is 91.0 Å². The van der Waals surface area contributed by atoms with Crippen molar-refractivity contribution >= 4 is 5.91 Å². The third-order valence-electron chi connectivity index (χ3n) is 2.99. The summed E-state index contributed by atoms with van der Waals surface area (Å²) in [6, 6.07) is 8.96. The van der Waals surface area contributed by atoms with Gasteiger partial charge in [-0.15, -0.1) is 0 Å². The molecule has 0 bridgehead atoms. The molecule has 2 heterocycles. The van der Waals surface area contributed by atoms with Crippen LogP contribution in [0.4, 0.5) is 0 Å². The van der Waals surface area contributed by atoms with E-state index >= 15 is 0 Å². The average molecular weight is 275 g/mol. The minimum Gasteiger partial charge on any atom is -0.365 e. The molecule has 1 N–H and O–H groups in total. The molecule has 1 aromatic carbocycles. The molecule has 1 aliphatic heterocycles. The fourth-order valence-electron chi connectivity index (χ4n) is 1.98. The second kappa shape index (κ2) is 5.25. The van der Waals surface area contributed by atoms with Crippen molar-refractivity contribution in [3.05, 3.63) is 40.8 Å². The Morgan fingerprint density at radius 1 is 1.25 bits per heavy atom. The third-order valence-corrected chi connectivity index (χ3v) is 2.99. The van der Waals surface area contributed by atoms with Crippen molar-refractivity contribution in [2.75, 3.05) is 13.2 Å². The highest BCUT2D eigenvalue weighted by atomic mass is 16.5. The number of para-hydroxylation sites is 1. The monoisotopic (exact) mass is 275 g/mol. The van der Waals surface area contributed by atoms with Crippen LogP contribution in [0.1, 0.15) is 0 Å². The van der Waals surface area contributed by atoms with Crippen molar-refractivity contribution in [3.8, 4) is 5.69 Å². The first-order valence-corrected chi connectivity index (χ1v) is 6.23. The minimum absolute atomic E-state index is 0.0531. The van der Waals surface area contributed by atoms with E-state index in [0.29, 0.717) is 18.8 Å². The van der Waals surface area contributed by atoms with Gasteiger partial charge in [0.1, 0.15) is 0 Å². The van der Waals surface area contributed by atoms with Crippen LogP contribution in [-0.4, -0.2) is 45.0 Å². The van der Waals surface area contributed by atoms with E-state index in [-0.39, 0.29) is 12.5 Å². The van der Waals surface area contributed by atoms with E-state index in [1.807, 2.05) is 6.07 Å². The van der Waals surface area contributed by atoms with E-state index in [1.165, 1.54) is 4.68 Å². The zero-order valence-corrected chi connectivity index (χ0v) is 10.6. The summed E-state index contributed by atoms with van der Waals surface area (Å²) in [6.45, 7) is 0.969. The van der Waals surface area contributed by atoms with E-state index in [9.17, 15) is 9.59 Å². The molecular weight excluding hydrogens is 262 g/mol. The molecule has 20 heavy (non-hydrogen) atoms. The number of morpholine rings is 1. The molecule has 1 amide bonds. The van der Waals surface area contributed by atoms with Crippen LogP contribution < -0.4 is 11.0 Å². The van der Waals surface area contributed by atoms with Gasteiger partial charge in [-0.2, -0.15) is 9.36 Å². The Morgan fingerprint density at radius 2 is 2.05 bits per heavy atom. The first-order chi connectivity index (χ1) is 9.75. The summed E-state index contributed by atoms with van der Waals surface area (Å²) in [6.07, 6.45) is -0.706. The number of nitrogens with one attached hydrogen (secondary N) is 1. The standard InChI is InChI=1S/C12H13N5O3/c18-11-10(20-7-6-13-11)8-16-12(19)17(15-14-16)9-4-2-1-3-5-9/h1-5,10H,6-8H2,(H,13,18). The third kappa shape index (κ3) is 2.32. The summed E-state index contributed by atoms with van der Waals surface area (Å²) >= 11 is 0. The Kier molecular flexibility index (Phi) is 3.30. The SMILES string of the molecule is O=C1NCCOC1Cn1nnn(-c2ccccc2)c1=O. The number of carbonyl (C=O) groups is 1. The van der Waals surface area contributed by atoms with E-state index in [0.717, 1.165) is 4.68 Å². The van der Waals surface area contributed by atoms with Crippen LogP contribution in [-0.2, 0) is 16.1 Å². The van der Waals surface area contributed by atoms with E-state index < -0.39 is 11.8 Å². The lowest BCUT2D eigenvalue weighted by Gasteiger charge is -2.21. The maximum Gasteiger partial charge on any atom is 0.368 e. The number of aromatic nitrogens is 4. The Labute approximate surface area is 113 Å². The normalized spacial score (nSPS) is 18.8. The first kappa shape index (κ1) is 12.5. The zero-order chi connectivity index (χ0) is 13.9. The molecule has 1 atom stereocenters. The van der Waals surface area contributed by atoms with Gasteiger partial charge in [0.05, 0.1) is 18.8 Å². The molecule has 3 rings (SSSR count). The van der Waals surface area contributed by atoms with Crippen LogP contribution in [0.3, 0.4) is 0 Å². The van der Waals surface area contributed by atoms with Gasteiger partial charge in [0, 0.05) is 6.54 Å². The summed E-state index contributed by atoms with van der Waals surface area (Å²) in [7, 11) is 0. The van der Waals surface area contributed by atoms with Crippen molar-refractivity contribution in [1.29, 1.82) is 0 Å². The Bertz CT molecular complexity index is 663. The highest BCUT2D eigenvalue weighted by molar-refractivity contribution is 5.81. The number of rotatable bonds is 3. The number of hydrogen-bond acceptors (Lipinski definition) is 5. The Morgan fingerprint density at radius 3 is 2.80 bits per heavy atom. The Balaban J connectivity index is 1.84. The number of nitrogens with zero attached hydrogens (tertiary/aromatic N) is 4. The van der Waals surface area contributed by atoms with Gasteiger partial charge < -0.3 is 10.1 Å². The van der Waals surface area contributed by atoms with Gasteiger partial charge in [-0.05, 0) is 22.6 Å². The summed E-state index contributed by atoms with van der Waals surface area (Å²) in [5, 5.41) is 10.3. The van der Waals surface area contributed by atoms with E-state index in [2.05, 4.69) is 15.7 Å². The fraction of sp³-hybridized carbons (Fsp3) is 0.333. The van der Waals surface area contributed by atoms with Crippen LogP contribution in [0.5, 0.6) is 0 Å². The lowest BCUT2D eigenvalue weighted by atomic mass is 10.3. The molecule has 1 unspecified atom stereocenters. The number of ether oxygens (including phenoxy) is 1. The maximum atomic E-state index is 12.2. The number of hydrogen-bond donors (Lipinski definition) is 1. The number of tetrazole rings is 1. The maximum absolute atomic E-state index is 12.2. The van der Waals surface area contributed by atoms with Gasteiger partial charge in [-0.3, -0.25) is 4.79 Å². The molecule has 1 aliphatic rings. The lowest BCUT2D eigenvalue weighted by Crippen LogP contribution is -2.47. The molecule has 1 saturated heterocycles. The minimum atomic E-state index is -0.706. The molecule has 8 heteroatoms. The van der Waals surface area contributed by atoms with Crippen LogP contribution >= 0.6 is 0 Å². The van der Waals surface area contributed by atoms with Crippen molar-refractivity contribution < 1.29 is 9.53 Å². The largest absolute Gasteiger partial charge is 0.368 e. The number of benzene rings is 1. The van der Waals surface area contributed by atoms with Crippen molar-refractivity contribution in [2.45, 2.75) is 12.6 Å². The quantitative estimate of drug-likeness (QED) is 0.771. The number of amides is 1. The average Bonchev–Trinajstić information content (AvgIpc) is 2.84. The van der Waals surface area contributed by atoms with Crippen LogP contribution in [0.25, 0.3) is 5.69 Å². The summed E-state index contributed by atoms with van der Waals surface area (Å²) in [5.74, 6) is -0.239. The second-order valence-corrected chi connectivity index (χ2v) is 4.34. The fourth-order valence-corrected chi connectivity index (χ4v) is 1.98.